The number of methoxy groups -OCH3 is 3. The van der Waals surface area contributed by atoms with Gasteiger partial charge in [-0.15, -0.1) is 0 Å². The topological polar surface area (TPSA) is 94.2 Å². The van der Waals surface area contributed by atoms with E-state index >= 15 is 0 Å². The number of carbonyl (C=O) groups excluding carboxylic acids is 1. The summed E-state index contributed by atoms with van der Waals surface area (Å²) >= 11 is 6.17. The molecule has 8 nitrogen and oxygen atoms in total. The van der Waals surface area contributed by atoms with E-state index in [1.807, 2.05) is 30.3 Å². The molecule has 0 fully saturated rings. The summed E-state index contributed by atoms with van der Waals surface area (Å²) < 4.78 is 43.8. The molecule has 0 heterocycles. The zero-order chi connectivity index (χ0) is 26.1. The van der Waals surface area contributed by atoms with E-state index in [1.54, 1.807) is 32.4 Å². The van der Waals surface area contributed by atoms with Crippen molar-refractivity contribution in [3.8, 4) is 17.2 Å². The van der Waals surface area contributed by atoms with Crippen LogP contribution in [0.5, 0.6) is 17.2 Å². The van der Waals surface area contributed by atoms with Gasteiger partial charge in [-0.05, 0) is 47.9 Å². The molecule has 192 valence electrons. The summed E-state index contributed by atoms with van der Waals surface area (Å²) in [6.07, 6.45) is 0.533. The highest BCUT2D eigenvalue weighted by atomic mass is 35.5. The van der Waals surface area contributed by atoms with Crippen LogP contribution in [-0.4, -0.2) is 53.0 Å². The summed E-state index contributed by atoms with van der Waals surface area (Å²) in [6, 6.07) is 18.8. The fraction of sp³-hybridized carbons (Fsp3) is 0.269. The van der Waals surface area contributed by atoms with E-state index in [9.17, 15) is 13.2 Å². The van der Waals surface area contributed by atoms with Crippen LogP contribution in [0.25, 0.3) is 0 Å². The summed E-state index contributed by atoms with van der Waals surface area (Å²) in [6.45, 7) is -0.00929. The van der Waals surface area contributed by atoms with E-state index in [-0.39, 0.29) is 23.0 Å². The van der Waals surface area contributed by atoms with Gasteiger partial charge in [-0.2, -0.15) is 4.31 Å². The van der Waals surface area contributed by atoms with E-state index in [4.69, 9.17) is 25.8 Å². The molecule has 10 heteroatoms. The highest BCUT2D eigenvalue weighted by Crippen LogP contribution is 2.29. The molecule has 0 aliphatic carbocycles. The van der Waals surface area contributed by atoms with Gasteiger partial charge in [0.1, 0.15) is 5.75 Å². The third kappa shape index (κ3) is 6.90. The minimum absolute atomic E-state index is 0.0237. The second-order valence-corrected chi connectivity index (χ2v) is 10.2. The lowest BCUT2D eigenvalue weighted by molar-refractivity contribution is -0.121. The molecule has 1 N–H and O–H groups in total. The van der Waals surface area contributed by atoms with Gasteiger partial charge in [-0.25, -0.2) is 8.42 Å². The Kier molecular flexibility index (Phi) is 9.58. The van der Waals surface area contributed by atoms with Crippen LogP contribution in [0.3, 0.4) is 0 Å². The molecule has 0 saturated carbocycles. The summed E-state index contributed by atoms with van der Waals surface area (Å²) in [5.74, 6) is 1.15. The fourth-order valence-electron chi connectivity index (χ4n) is 3.57. The number of benzene rings is 3. The van der Waals surface area contributed by atoms with E-state index in [0.29, 0.717) is 30.2 Å². The quantitative estimate of drug-likeness (QED) is 0.380. The van der Waals surface area contributed by atoms with Crippen LogP contribution >= 0.6 is 11.6 Å². The number of carbonyl (C=O) groups is 1. The Morgan fingerprint density at radius 2 is 1.53 bits per heavy atom. The summed E-state index contributed by atoms with van der Waals surface area (Å²) in [7, 11) is 0.533. The normalized spacial score (nSPS) is 11.2. The van der Waals surface area contributed by atoms with Crippen LogP contribution in [0.2, 0.25) is 5.02 Å². The summed E-state index contributed by atoms with van der Waals surface area (Å²) in [5, 5.41) is 2.97. The van der Waals surface area contributed by atoms with Crippen LogP contribution in [0.1, 0.15) is 11.1 Å². The van der Waals surface area contributed by atoms with Gasteiger partial charge in [0.25, 0.3) is 0 Å². The smallest absolute Gasteiger partial charge is 0.243 e. The third-order valence-corrected chi connectivity index (χ3v) is 7.55. The summed E-state index contributed by atoms with van der Waals surface area (Å²) in [4.78, 5) is 12.8. The third-order valence-electron chi connectivity index (χ3n) is 5.47. The Labute approximate surface area is 216 Å². The number of sulfonamides is 1. The van der Waals surface area contributed by atoms with Crippen LogP contribution in [0.15, 0.2) is 71.6 Å². The molecule has 0 saturated heterocycles. The Morgan fingerprint density at radius 3 is 2.17 bits per heavy atom. The Balaban J connectivity index is 1.73. The van der Waals surface area contributed by atoms with Crippen molar-refractivity contribution in [1.82, 2.24) is 9.62 Å². The van der Waals surface area contributed by atoms with Gasteiger partial charge >= 0.3 is 0 Å². The highest BCUT2D eigenvalue weighted by molar-refractivity contribution is 7.89. The number of ether oxygens (including phenoxy) is 3. The van der Waals surface area contributed by atoms with Crippen LogP contribution in [0.4, 0.5) is 0 Å². The molecule has 3 rings (SSSR count). The zero-order valence-electron chi connectivity index (χ0n) is 20.4. The molecule has 0 spiro atoms. The summed E-state index contributed by atoms with van der Waals surface area (Å²) in [5.41, 5.74) is 1.69. The molecule has 0 radical (unpaired) electrons. The van der Waals surface area contributed by atoms with Crippen molar-refractivity contribution in [2.75, 3.05) is 34.4 Å². The maximum atomic E-state index is 13.5. The average molecular weight is 533 g/mol. The number of hydrogen-bond acceptors (Lipinski definition) is 6. The van der Waals surface area contributed by atoms with Crippen molar-refractivity contribution in [2.45, 2.75) is 17.9 Å². The van der Waals surface area contributed by atoms with E-state index in [2.05, 4.69) is 5.32 Å². The van der Waals surface area contributed by atoms with E-state index in [0.717, 1.165) is 15.4 Å². The molecule has 0 aliphatic rings. The lowest BCUT2D eigenvalue weighted by Gasteiger charge is -2.22. The van der Waals surface area contributed by atoms with Crippen molar-refractivity contribution < 1.29 is 27.4 Å². The SMILES string of the molecule is COc1ccc(S(=O)(=O)N(CC(=O)NCCc2ccc(OC)c(OC)c2)Cc2ccccc2)cc1Cl. The van der Waals surface area contributed by atoms with Gasteiger partial charge in [0.15, 0.2) is 11.5 Å². The molecule has 0 unspecified atom stereocenters. The maximum absolute atomic E-state index is 13.5. The largest absolute Gasteiger partial charge is 0.495 e. The number of hydrogen-bond donors (Lipinski definition) is 1. The van der Waals surface area contributed by atoms with Gasteiger partial charge < -0.3 is 19.5 Å². The Bertz CT molecular complexity index is 1280. The predicted molar refractivity (Wildman–Crippen MR) is 138 cm³/mol. The lowest BCUT2D eigenvalue weighted by atomic mass is 10.1. The first-order valence-electron chi connectivity index (χ1n) is 11.1. The first-order valence-corrected chi connectivity index (χ1v) is 13.0. The van der Waals surface area contributed by atoms with Crippen LogP contribution in [-0.2, 0) is 27.8 Å². The molecule has 3 aromatic rings. The monoisotopic (exact) mass is 532 g/mol. The van der Waals surface area contributed by atoms with Crippen molar-refractivity contribution in [3.05, 3.63) is 82.9 Å². The number of nitrogens with one attached hydrogen (secondary N) is 1. The van der Waals surface area contributed by atoms with Crippen LogP contribution in [0, 0.1) is 0 Å². The predicted octanol–water partition coefficient (Wildman–Crippen LogP) is 3.92. The molecular formula is C26H29ClN2O6S. The van der Waals surface area contributed by atoms with Gasteiger partial charge in [0.2, 0.25) is 15.9 Å². The molecular weight excluding hydrogens is 504 g/mol. The van der Waals surface area contributed by atoms with E-state index in [1.165, 1.54) is 25.3 Å². The molecule has 0 aliphatic heterocycles. The van der Waals surface area contributed by atoms with Crippen molar-refractivity contribution in [2.24, 2.45) is 0 Å². The van der Waals surface area contributed by atoms with Gasteiger partial charge in [-0.3, -0.25) is 4.79 Å². The first kappa shape index (κ1) is 27.3. The lowest BCUT2D eigenvalue weighted by Crippen LogP contribution is -2.40. The number of rotatable bonds is 12. The number of nitrogens with zero attached hydrogens (tertiary/aromatic N) is 1. The fourth-order valence-corrected chi connectivity index (χ4v) is 5.30. The highest BCUT2D eigenvalue weighted by Gasteiger charge is 2.27. The van der Waals surface area contributed by atoms with Gasteiger partial charge in [0.05, 0.1) is 37.8 Å². The molecule has 0 aromatic heterocycles. The van der Waals surface area contributed by atoms with Crippen molar-refractivity contribution in [1.29, 1.82) is 0 Å². The molecule has 36 heavy (non-hydrogen) atoms. The first-order chi connectivity index (χ1) is 17.3. The maximum Gasteiger partial charge on any atom is 0.243 e. The van der Waals surface area contributed by atoms with Crippen LogP contribution < -0.4 is 19.5 Å². The minimum atomic E-state index is -4.03. The molecule has 0 bridgehead atoms. The second-order valence-electron chi connectivity index (χ2n) is 7.84. The zero-order valence-corrected chi connectivity index (χ0v) is 21.9. The Morgan fingerprint density at radius 1 is 0.861 bits per heavy atom. The van der Waals surface area contributed by atoms with E-state index < -0.39 is 15.9 Å². The van der Waals surface area contributed by atoms with Gasteiger partial charge in [-0.1, -0.05) is 48.0 Å². The van der Waals surface area contributed by atoms with Crippen molar-refractivity contribution >= 4 is 27.5 Å². The average Bonchev–Trinajstić information content (AvgIpc) is 2.88. The molecule has 1 amide bonds. The Hall–Kier alpha value is -3.27. The standard InChI is InChI=1S/C26H29ClN2O6S/c1-33-23-12-10-21(16-22(23)27)36(31,32)29(17-20-7-5-4-6-8-20)18-26(30)28-14-13-19-9-11-24(34-2)25(15-19)35-3/h4-12,15-16H,13-14,17-18H2,1-3H3,(H,28,30). The number of halogens is 1. The van der Waals surface area contributed by atoms with Crippen molar-refractivity contribution in [3.63, 3.8) is 0 Å². The minimum Gasteiger partial charge on any atom is -0.495 e. The second kappa shape index (κ2) is 12.6. The van der Waals surface area contributed by atoms with Gasteiger partial charge in [0, 0.05) is 13.1 Å². The molecule has 3 aromatic carbocycles. The molecule has 0 atom stereocenters. The number of amides is 1.